The second kappa shape index (κ2) is 18.4. The Bertz CT molecular complexity index is 2560. The van der Waals surface area contributed by atoms with Gasteiger partial charge in [-0.2, -0.15) is 4.58 Å². The van der Waals surface area contributed by atoms with Crippen LogP contribution in [0.25, 0.3) is 10.4 Å². The van der Waals surface area contributed by atoms with Crippen molar-refractivity contribution in [1.82, 2.24) is 5.06 Å². The molecule has 3 aliphatic heterocycles. The summed E-state index contributed by atoms with van der Waals surface area (Å²) >= 11 is 1.71. The number of carbonyl (C=O) groups is 3. The van der Waals surface area contributed by atoms with E-state index in [4.69, 9.17) is 4.84 Å². The summed E-state index contributed by atoms with van der Waals surface area (Å²) in [4.78, 5) is 47.0. The zero-order chi connectivity index (χ0) is 44.2. The van der Waals surface area contributed by atoms with Crippen molar-refractivity contribution in [2.75, 3.05) is 35.7 Å². The highest BCUT2D eigenvalue weighted by Crippen LogP contribution is 2.49. The van der Waals surface area contributed by atoms with Gasteiger partial charge in [0.15, 0.2) is 5.71 Å². The van der Waals surface area contributed by atoms with E-state index in [1.807, 2.05) is 37.4 Å². The van der Waals surface area contributed by atoms with Crippen LogP contribution in [0, 0.1) is 0 Å². The molecule has 0 saturated carbocycles. The summed E-state index contributed by atoms with van der Waals surface area (Å²) in [7, 11) is -2.32. The summed E-state index contributed by atoms with van der Waals surface area (Å²) in [6, 6.07) is 27.4. The number of amides is 2. The van der Waals surface area contributed by atoms with Gasteiger partial charge >= 0.3 is 5.97 Å². The molecule has 0 spiro atoms. The fourth-order valence-electron chi connectivity index (χ4n) is 8.70. The molecule has 4 aromatic rings. The highest BCUT2D eigenvalue weighted by molar-refractivity contribution is 7.85. The number of allylic oxidation sites excluding steroid dienone is 6. The standard InChI is InChI=1S/C49H54N4O7S2/c1-48(2)38-33-35(42-19-15-31-61-42)23-25-40(38)51(29-14-8-13-22-47(56)60-53-45(54)27-28-46(53)55)43(48)20-11-7-12-21-44-49(3,4)39-34-37(50(5)36-17-9-6-10-18-36)24-26-41(39)52(44)30-16-32-62(57,58)59/h6-7,9-12,15,17-21,23-26,31,33-34H,8,13-14,16,22,27-30,32H2,1-5H3. The number of hydrogen-bond donors (Lipinski definition) is 0. The maximum atomic E-state index is 12.4. The Balaban J connectivity index is 1.11. The molecule has 0 N–H and O–H groups in total. The summed E-state index contributed by atoms with van der Waals surface area (Å²) in [6.07, 6.45) is 12.9. The molecule has 1 aromatic heterocycles. The number of hydroxylamine groups is 2. The zero-order valence-electron chi connectivity index (χ0n) is 36.0. The number of carbonyl (C=O) groups excluding carboxylic acids is 3. The molecular formula is C49H54N4O7S2. The summed E-state index contributed by atoms with van der Waals surface area (Å²) in [5.74, 6) is -1.97. The van der Waals surface area contributed by atoms with Gasteiger partial charge in [0.2, 0.25) is 5.69 Å². The van der Waals surface area contributed by atoms with Crippen molar-refractivity contribution in [3.63, 3.8) is 0 Å². The molecule has 11 nitrogen and oxygen atoms in total. The molecule has 324 valence electrons. The first-order valence-corrected chi connectivity index (χ1v) is 23.6. The van der Waals surface area contributed by atoms with E-state index in [1.54, 1.807) is 11.3 Å². The largest absolute Gasteiger partial charge is 0.748 e. The molecule has 0 bridgehead atoms. The second-order valence-corrected chi connectivity index (χ2v) is 19.5. The molecule has 0 unspecified atom stereocenters. The van der Waals surface area contributed by atoms with Crippen LogP contribution in [-0.2, 0) is 40.2 Å². The van der Waals surface area contributed by atoms with Crippen molar-refractivity contribution in [1.29, 1.82) is 0 Å². The molecule has 2 amide bonds. The SMILES string of the molecule is CN(c1ccccc1)c1ccc2c(c1)C(C)(C)C(/C=C/C=C/C=C1/N(CCCCCC(=O)ON3C(=O)CCC3=O)c3ccc(-c4cccs4)cc3C1(C)C)=[N+]2CCCS(=O)(=O)[O-]. The number of anilines is 3. The Morgan fingerprint density at radius 2 is 1.61 bits per heavy atom. The first kappa shape index (κ1) is 44.4. The van der Waals surface area contributed by atoms with Gasteiger partial charge in [-0.1, -0.05) is 68.8 Å². The minimum absolute atomic E-state index is 0.0655. The lowest BCUT2D eigenvalue weighted by Gasteiger charge is -2.27. The highest BCUT2D eigenvalue weighted by atomic mass is 32.2. The average Bonchev–Trinajstić information content (AvgIpc) is 3.98. The first-order chi connectivity index (χ1) is 29.6. The van der Waals surface area contributed by atoms with E-state index < -0.39 is 39.1 Å². The number of thiophene rings is 1. The third kappa shape index (κ3) is 9.55. The zero-order valence-corrected chi connectivity index (χ0v) is 37.6. The van der Waals surface area contributed by atoms with Gasteiger partial charge in [0, 0.05) is 95.8 Å². The normalized spacial score (nSPS) is 17.5. The third-order valence-corrected chi connectivity index (χ3v) is 13.8. The van der Waals surface area contributed by atoms with E-state index in [-0.39, 0.29) is 31.1 Å². The first-order valence-electron chi connectivity index (χ1n) is 21.2. The molecule has 0 radical (unpaired) electrons. The predicted octanol–water partition coefficient (Wildman–Crippen LogP) is 9.46. The minimum Gasteiger partial charge on any atom is -0.748 e. The van der Waals surface area contributed by atoms with Gasteiger partial charge in [-0.15, -0.1) is 16.4 Å². The lowest BCUT2D eigenvalue weighted by molar-refractivity contribution is -0.437. The Morgan fingerprint density at radius 3 is 2.32 bits per heavy atom. The van der Waals surface area contributed by atoms with E-state index in [0.717, 1.165) is 59.1 Å². The fraction of sp³-hybridized carbons (Fsp3) is 0.347. The van der Waals surface area contributed by atoms with Gasteiger partial charge in [0.25, 0.3) is 11.8 Å². The van der Waals surface area contributed by atoms with Crippen molar-refractivity contribution in [3.05, 3.63) is 131 Å². The summed E-state index contributed by atoms with van der Waals surface area (Å²) in [5.41, 5.74) is 9.16. The number of fused-ring (bicyclic) bond motifs is 2. The average molecular weight is 875 g/mol. The number of para-hydroxylation sites is 1. The molecule has 4 heterocycles. The fourth-order valence-corrected chi connectivity index (χ4v) is 9.91. The van der Waals surface area contributed by atoms with Gasteiger partial charge in [0.1, 0.15) is 6.54 Å². The van der Waals surface area contributed by atoms with Crippen LogP contribution in [0.5, 0.6) is 0 Å². The van der Waals surface area contributed by atoms with Crippen molar-refractivity contribution in [2.24, 2.45) is 0 Å². The van der Waals surface area contributed by atoms with Gasteiger partial charge in [-0.05, 0) is 91.7 Å². The monoisotopic (exact) mass is 874 g/mol. The van der Waals surface area contributed by atoms with Gasteiger partial charge in [-0.25, -0.2) is 13.2 Å². The predicted molar refractivity (Wildman–Crippen MR) is 245 cm³/mol. The van der Waals surface area contributed by atoms with Crippen molar-refractivity contribution >= 4 is 67.7 Å². The van der Waals surface area contributed by atoms with E-state index in [0.29, 0.717) is 18.0 Å². The molecule has 0 aliphatic carbocycles. The molecule has 7 rings (SSSR count). The van der Waals surface area contributed by atoms with Crippen LogP contribution in [0.3, 0.4) is 0 Å². The Hall–Kier alpha value is -5.63. The van der Waals surface area contributed by atoms with Crippen molar-refractivity contribution < 1.29 is 36.8 Å². The quantitative estimate of drug-likeness (QED) is 0.0335. The van der Waals surface area contributed by atoms with Crippen LogP contribution < -0.4 is 9.80 Å². The van der Waals surface area contributed by atoms with Crippen LogP contribution in [0.15, 0.2) is 120 Å². The lowest BCUT2D eigenvalue weighted by Crippen LogP contribution is -2.32. The number of rotatable bonds is 17. The second-order valence-electron chi connectivity index (χ2n) is 17.0. The number of hydrogen-bond acceptors (Lipinski definition) is 10. The van der Waals surface area contributed by atoms with Crippen molar-refractivity contribution in [2.45, 2.75) is 83.5 Å². The Labute approximate surface area is 369 Å². The van der Waals surface area contributed by atoms with E-state index in [2.05, 4.69) is 126 Å². The van der Waals surface area contributed by atoms with Crippen LogP contribution in [0.4, 0.5) is 22.7 Å². The maximum absolute atomic E-state index is 12.4. The number of benzene rings is 3. The van der Waals surface area contributed by atoms with E-state index in [9.17, 15) is 27.4 Å². The van der Waals surface area contributed by atoms with Gasteiger partial charge < -0.3 is 19.2 Å². The number of nitrogens with zero attached hydrogens (tertiary/aromatic N) is 4. The van der Waals surface area contributed by atoms with Gasteiger partial charge in [0.05, 0.1) is 15.5 Å². The third-order valence-electron chi connectivity index (χ3n) is 12.1. The minimum atomic E-state index is -4.36. The Morgan fingerprint density at radius 1 is 0.855 bits per heavy atom. The number of imide groups is 1. The topological polar surface area (TPSA) is 130 Å². The highest BCUT2D eigenvalue weighted by Gasteiger charge is 2.45. The Kier molecular flexibility index (Phi) is 13.2. The molecule has 1 fully saturated rings. The lowest BCUT2D eigenvalue weighted by atomic mass is 9.81. The smallest absolute Gasteiger partial charge is 0.333 e. The molecule has 3 aromatic carbocycles. The van der Waals surface area contributed by atoms with Gasteiger partial charge in [-0.3, -0.25) is 9.59 Å². The molecule has 1 saturated heterocycles. The maximum Gasteiger partial charge on any atom is 0.333 e. The van der Waals surface area contributed by atoms with E-state index in [1.165, 1.54) is 16.0 Å². The van der Waals surface area contributed by atoms with Crippen LogP contribution in [0.1, 0.15) is 83.8 Å². The molecule has 62 heavy (non-hydrogen) atoms. The summed E-state index contributed by atoms with van der Waals surface area (Å²) in [6.45, 7) is 9.94. The van der Waals surface area contributed by atoms with Crippen LogP contribution in [0.2, 0.25) is 0 Å². The summed E-state index contributed by atoms with van der Waals surface area (Å²) in [5, 5.41) is 2.69. The number of unbranched alkanes of at least 4 members (excludes halogenated alkanes) is 2. The molecule has 13 heteroatoms. The van der Waals surface area contributed by atoms with Crippen LogP contribution >= 0.6 is 11.3 Å². The van der Waals surface area contributed by atoms with Crippen LogP contribution in [-0.4, -0.2) is 72.0 Å². The molecule has 3 aliphatic rings. The molecule has 0 atom stereocenters. The van der Waals surface area contributed by atoms with E-state index >= 15 is 0 Å². The van der Waals surface area contributed by atoms with Crippen molar-refractivity contribution in [3.8, 4) is 10.4 Å². The summed E-state index contributed by atoms with van der Waals surface area (Å²) < 4.78 is 37.0. The molecular weight excluding hydrogens is 821 g/mol.